The standard InChI is InChI=1S/C9H20NO.2C2H5.Al/c1-6-9(11)10(7(2)3)8(4)5;2*1-2;/h7-9H,6H2,1-5H3;2*1H2,2H3;/q-1;;;+1. The van der Waals surface area contributed by atoms with Crippen molar-refractivity contribution in [2.24, 2.45) is 0 Å². The van der Waals surface area contributed by atoms with Crippen LogP contribution in [-0.4, -0.2) is 37.7 Å². The third kappa shape index (κ3) is 5.19. The SMILES string of the molecule is CCC([O][Al]([CH2]C)[CH2]C)N(C(C)C)C(C)C. The van der Waals surface area contributed by atoms with Crippen LogP contribution in [0.3, 0.4) is 0 Å². The highest BCUT2D eigenvalue weighted by atomic mass is 27.2. The molecule has 0 saturated heterocycles. The third-order valence-corrected chi connectivity index (χ3v) is 5.65. The quantitative estimate of drug-likeness (QED) is 0.474. The van der Waals surface area contributed by atoms with Crippen LogP contribution in [0.4, 0.5) is 0 Å². The summed E-state index contributed by atoms with van der Waals surface area (Å²) in [4.78, 5) is 2.51. The van der Waals surface area contributed by atoms with Gasteiger partial charge in [-0.1, -0.05) is 31.3 Å². The second-order valence-corrected chi connectivity index (χ2v) is 8.22. The zero-order valence-electron chi connectivity index (χ0n) is 12.3. The van der Waals surface area contributed by atoms with Crippen LogP contribution < -0.4 is 0 Å². The van der Waals surface area contributed by atoms with E-state index < -0.39 is 14.5 Å². The summed E-state index contributed by atoms with van der Waals surface area (Å²) in [5.74, 6) is 0. The van der Waals surface area contributed by atoms with Gasteiger partial charge >= 0.3 is 14.5 Å². The van der Waals surface area contributed by atoms with Gasteiger partial charge in [-0.2, -0.15) is 0 Å². The maximum atomic E-state index is 6.35. The van der Waals surface area contributed by atoms with Crippen LogP contribution in [0.25, 0.3) is 0 Å². The van der Waals surface area contributed by atoms with Crippen molar-refractivity contribution in [3.05, 3.63) is 0 Å². The lowest BCUT2D eigenvalue weighted by Gasteiger charge is -2.39. The summed E-state index contributed by atoms with van der Waals surface area (Å²) in [5.41, 5.74) is 0. The van der Waals surface area contributed by atoms with Gasteiger partial charge in [0, 0.05) is 12.1 Å². The van der Waals surface area contributed by atoms with Crippen LogP contribution in [0.15, 0.2) is 0 Å². The molecule has 0 aliphatic rings. The van der Waals surface area contributed by atoms with Gasteiger partial charge in [0.2, 0.25) is 0 Å². The van der Waals surface area contributed by atoms with E-state index >= 15 is 0 Å². The largest absolute Gasteiger partial charge is 0.487 e. The summed E-state index contributed by atoms with van der Waals surface area (Å²) in [6.07, 6.45) is 1.43. The first-order valence-electron chi connectivity index (χ1n) is 6.90. The van der Waals surface area contributed by atoms with Gasteiger partial charge in [0.25, 0.3) is 0 Å². The molecule has 2 nitrogen and oxygen atoms in total. The fourth-order valence-corrected chi connectivity index (χ4v) is 4.08. The molecule has 0 aromatic heterocycles. The molecule has 0 aromatic carbocycles. The average Bonchev–Trinajstić information content (AvgIpc) is 2.22. The Bertz CT molecular complexity index is 161. The zero-order chi connectivity index (χ0) is 12.7. The summed E-state index contributed by atoms with van der Waals surface area (Å²) in [7, 11) is 0. The summed E-state index contributed by atoms with van der Waals surface area (Å²) in [5, 5.41) is 2.49. The fourth-order valence-electron chi connectivity index (χ4n) is 2.34. The molecular weight excluding hydrogens is 213 g/mol. The van der Waals surface area contributed by atoms with Crippen LogP contribution in [0.5, 0.6) is 0 Å². The summed E-state index contributed by atoms with van der Waals surface area (Å²) in [6.45, 7) is 15.8. The van der Waals surface area contributed by atoms with E-state index in [9.17, 15) is 0 Å². The van der Waals surface area contributed by atoms with Gasteiger partial charge in [0.15, 0.2) is 0 Å². The first-order valence-corrected chi connectivity index (χ1v) is 9.01. The minimum Gasteiger partial charge on any atom is -0.487 e. The van der Waals surface area contributed by atoms with Crippen molar-refractivity contribution in [2.75, 3.05) is 0 Å². The van der Waals surface area contributed by atoms with Crippen LogP contribution in [0.2, 0.25) is 10.6 Å². The van der Waals surface area contributed by atoms with E-state index in [1.807, 2.05) is 0 Å². The summed E-state index contributed by atoms with van der Waals surface area (Å²) < 4.78 is 6.35. The van der Waals surface area contributed by atoms with Gasteiger partial charge < -0.3 is 3.79 Å². The van der Waals surface area contributed by atoms with Gasteiger partial charge in [-0.25, -0.2) is 0 Å². The van der Waals surface area contributed by atoms with E-state index in [1.165, 1.54) is 10.6 Å². The highest BCUT2D eigenvalue weighted by Crippen LogP contribution is 2.17. The van der Waals surface area contributed by atoms with Crippen LogP contribution in [-0.2, 0) is 3.79 Å². The Labute approximate surface area is 107 Å². The maximum Gasteiger partial charge on any atom is 0.461 e. The topological polar surface area (TPSA) is 12.5 Å². The maximum absolute atomic E-state index is 6.35. The summed E-state index contributed by atoms with van der Waals surface area (Å²) >= 11 is -0.948. The van der Waals surface area contributed by atoms with E-state index in [4.69, 9.17) is 3.79 Å². The molecule has 1 atom stereocenters. The lowest BCUT2D eigenvalue weighted by molar-refractivity contribution is -0.0231. The molecule has 0 spiro atoms. The van der Waals surface area contributed by atoms with Crippen molar-refractivity contribution in [3.63, 3.8) is 0 Å². The molecule has 0 fully saturated rings. The molecule has 3 heteroatoms. The Morgan fingerprint density at radius 3 is 1.62 bits per heavy atom. The number of nitrogens with zero attached hydrogens (tertiary/aromatic N) is 1. The predicted molar refractivity (Wildman–Crippen MR) is 74.0 cm³/mol. The molecular formula is C13H30AlNO. The first kappa shape index (κ1) is 16.5. The lowest BCUT2D eigenvalue weighted by Crippen LogP contribution is -2.48. The number of rotatable bonds is 8. The molecule has 0 N–H and O–H groups in total. The molecule has 96 valence electrons. The van der Waals surface area contributed by atoms with E-state index in [0.717, 1.165) is 6.42 Å². The molecule has 16 heavy (non-hydrogen) atoms. The highest BCUT2D eigenvalue weighted by molar-refractivity contribution is 6.51. The van der Waals surface area contributed by atoms with Crippen molar-refractivity contribution in [2.45, 2.75) is 83.8 Å². The van der Waals surface area contributed by atoms with Crippen LogP contribution >= 0.6 is 0 Å². The summed E-state index contributed by atoms with van der Waals surface area (Å²) in [6, 6.07) is 1.13. The van der Waals surface area contributed by atoms with Gasteiger partial charge in [0.05, 0.1) is 6.23 Å². The Balaban J connectivity index is 4.54. The van der Waals surface area contributed by atoms with Gasteiger partial charge in [-0.15, -0.1) is 0 Å². The molecule has 0 aliphatic carbocycles. The molecule has 0 aliphatic heterocycles. The van der Waals surface area contributed by atoms with E-state index in [2.05, 4.69) is 53.4 Å². The van der Waals surface area contributed by atoms with Crippen LogP contribution in [0.1, 0.15) is 54.9 Å². The first-order chi connectivity index (χ1) is 7.47. The molecule has 0 rings (SSSR count). The Morgan fingerprint density at radius 1 is 0.938 bits per heavy atom. The molecule has 0 aromatic rings. The highest BCUT2D eigenvalue weighted by Gasteiger charge is 2.27. The lowest BCUT2D eigenvalue weighted by atomic mass is 10.2. The molecule has 0 heterocycles. The third-order valence-electron chi connectivity index (χ3n) is 3.13. The van der Waals surface area contributed by atoms with E-state index in [-0.39, 0.29) is 0 Å². The monoisotopic (exact) mass is 243 g/mol. The fraction of sp³-hybridized carbons (Fsp3) is 1.00. The van der Waals surface area contributed by atoms with Crippen LogP contribution in [0, 0.1) is 0 Å². The number of hydrogen-bond donors (Lipinski definition) is 0. The molecule has 1 unspecified atom stereocenters. The van der Waals surface area contributed by atoms with Gasteiger partial charge in [-0.05, 0) is 34.1 Å². The van der Waals surface area contributed by atoms with Crippen molar-refractivity contribution in [1.82, 2.24) is 4.90 Å². The van der Waals surface area contributed by atoms with Crippen molar-refractivity contribution in [1.29, 1.82) is 0 Å². The molecule has 0 saturated carbocycles. The normalized spacial score (nSPS) is 13.9. The Kier molecular flexibility index (Phi) is 8.77. The molecule has 0 amide bonds. The predicted octanol–water partition coefficient (Wildman–Crippen LogP) is 3.89. The minimum atomic E-state index is -0.948. The van der Waals surface area contributed by atoms with Crippen molar-refractivity contribution < 1.29 is 3.79 Å². The zero-order valence-corrected chi connectivity index (χ0v) is 13.4. The van der Waals surface area contributed by atoms with Crippen molar-refractivity contribution in [3.8, 4) is 0 Å². The molecule has 0 bridgehead atoms. The second kappa shape index (κ2) is 8.53. The average molecular weight is 243 g/mol. The number of hydrogen-bond acceptors (Lipinski definition) is 2. The van der Waals surface area contributed by atoms with Gasteiger partial charge in [-0.3, -0.25) is 4.90 Å². The Hall–Kier alpha value is 0.452. The van der Waals surface area contributed by atoms with E-state index in [1.54, 1.807) is 0 Å². The second-order valence-electron chi connectivity index (χ2n) is 5.07. The van der Waals surface area contributed by atoms with E-state index in [0.29, 0.717) is 18.3 Å². The molecule has 0 radical (unpaired) electrons. The Morgan fingerprint density at radius 2 is 1.38 bits per heavy atom. The van der Waals surface area contributed by atoms with Gasteiger partial charge in [0.1, 0.15) is 0 Å². The minimum absolute atomic E-state index is 0.330. The van der Waals surface area contributed by atoms with Crippen molar-refractivity contribution >= 4 is 14.5 Å². The smallest absolute Gasteiger partial charge is 0.461 e.